The molecule has 0 unspecified atom stereocenters. The number of hydrogen-bond acceptors (Lipinski definition) is 4. The fourth-order valence-electron chi connectivity index (χ4n) is 2.37. The molecule has 0 radical (unpaired) electrons. The molecule has 22 heavy (non-hydrogen) atoms. The quantitative estimate of drug-likeness (QED) is 0.638. The summed E-state index contributed by atoms with van der Waals surface area (Å²) in [4.78, 5) is 36.5. The van der Waals surface area contributed by atoms with Crippen LogP contribution < -0.4 is 10.2 Å². The molecule has 1 fully saturated rings. The maximum atomic E-state index is 12.1. The number of esters is 1. The lowest BCUT2D eigenvalue weighted by molar-refractivity contribution is -0.140. The first-order valence-electron chi connectivity index (χ1n) is 7.37. The van der Waals surface area contributed by atoms with Gasteiger partial charge in [0.05, 0.1) is 7.11 Å². The molecule has 1 aliphatic rings. The molecule has 1 saturated heterocycles. The van der Waals surface area contributed by atoms with Crippen LogP contribution in [0, 0.1) is 0 Å². The van der Waals surface area contributed by atoms with E-state index < -0.39 is 0 Å². The minimum atomic E-state index is -0.288. The number of benzene rings is 1. The van der Waals surface area contributed by atoms with Gasteiger partial charge in [0.15, 0.2) is 0 Å². The Kier molecular flexibility index (Phi) is 5.52. The van der Waals surface area contributed by atoms with Crippen molar-refractivity contribution >= 4 is 23.5 Å². The molecule has 0 saturated carbocycles. The third-order valence-electron chi connectivity index (χ3n) is 3.56. The SMILES string of the molecule is COC(=O)CCCNC(=O)c1cccc(N2CCCC2=O)c1. The normalized spacial score (nSPS) is 14.0. The summed E-state index contributed by atoms with van der Waals surface area (Å²) in [6, 6.07) is 7.03. The molecular formula is C16H20N2O4. The maximum absolute atomic E-state index is 12.1. The molecule has 1 N–H and O–H groups in total. The Balaban J connectivity index is 1.90. The summed E-state index contributed by atoms with van der Waals surface area (Å²) in [6.07, 6.45) is 2.22. The van der Waals surface area contributed by atoms with Crippen LogP contribution in [0.25, 0.3) is 0 Å². The van der Waals surface area contributed by atoms with E-state index in [1.54, 1.807) is 23.1 Å². The van der Waals surface area contributed by atoms with Gasteiger partial charge in [0.1, 0.15) is 0 Å². The highest BCUT2D eigenvalue weighted by Gasteiger charge is 2.22. The first-order valence-corrected chi connectivity index (χ1v) is 7.37. The zero-order chi connectivity index (χ0) is 15.9. The largest absolute Gasteiger partial charge is 0.469 e. The number of anilines is 1. The van der Waals surface area contributed by atoms with Gasteiger partial charge in [0.25, 0.3) is 5.91 Å². The number of nitrogens with zero attached hydrogens (tertiary/aromatic N) is 1. The highest BCUT2D eigenvalue weighted by atomic mass is 16.5. The van der Waals surface area contributed by atoms with Gasteiger partial charge in [0.2, 0.25) is 5.91 Å². The Morgan fingerprint density at radius 1 is 1.36 bits per heavy atom. The third-order valence-corrected chi connectivity index (χ3v) is 3.56. The second-order valence-corrected chi connectivity index (χ2v) is 5.13. The molecule has 0 bridgehead atoms. The topological polar surface area (TPSA) is 75.7 Å². The Labute approximate surface area is 129 Å². The molecule has 0 spiro atoms. The number of carbonyl (C=O) groups is 3. The highest BCUT2D eigenvalue weighted by molar-refractivity contribution is 5.99. The minimum absolute atomic E-state index is 0.0932. The van der Waals surface area contributed by atoms with Crippen molar-refractivity contribution in [3.05, 3.63) is 29.8 Å². The molecule has 6 nitrogen and oxygen atoms in total. The number of rotatable bonds is 6. The van der Waals surface area contributed by atoms with Crippen LogP contribution in [0.1, 0.15) is 36.0 Å². The molecule has 0 aromatic heterocycles. The molecule has 118 valence electrons. The first-order chi connectivity index (χ1) is 10.6. The van der Waals surface area contributed by atoms with Crippen molar-refractivity contribution in [3.8, 4) is 0 Å². The number of ether oxygens (including phenoxy) is 1. The molecule has 2 amide bonds. The summed E-state index contributed by atoms with van der Waals surface area (Å²) >= 11 is 0. The molecule has 1 aromatic rings. The Morgan fingerprint density at radius 2 is 2.18 bits per heavy atom. The number of hydrogen-bond donors (Lipinski definition) is 1. The lowest BCUT2D eigenvalue weighted by atomic mass is 10.1. The standard InChI is InChI=1S/C16H20N2O4/c1-22-15(20)8-3-9-17-16(21)12-5-2-6-13(11-12)18-10-4-7-14(18)19/h2,5-6,11H,3-4,7-10H2,1H3,(H,17,21). The Bertz CT molecular complexity index is 571. The average molecular weight is 304 g/mol. The fourth-order valence-corrected chi connectivity index (χ4v) is 2.37. The summed E-state index contributed by atoms with van der Waals surface area (Å²) < 4.78 is 4.54. The van der Waals surface area contributed by atoms with Crippen LogP contribution in [0.5, 0.6) is 0 Å². The van der Waals surface area contributed by atoms with E-state index in [4.69, 9.17) is 0 Å². The lowest BCUT2D eigenvalue weighted by Gasteiger charge is -2.16. The van der Waals surface area contributed by atoms with Crippen molar-refractivity contribution < 1.29 is 19.1 Å². The van der Waals surface area contributed by atoms with Crippen molar-refractivity contribution in [2.45, 2.75) is 25.7 Å². The summed E-state index contributed by atoms with van der Waals surface area (Å²) in [5.74, 6) is -0.405. The number of methoxy groups -OCH3 is 1. The van der Waals surface area contributed by atoms with Crippen molar-refractivity contribution in [1.29, 1.82) is 0 Å². The van der Waals surface area contributed by atoms with Gasteiger partial charge in [-0.15, -0.1) is 0 Å². The van der Waals surface area contributed by atoms with E-state index in [2.05, 4.69) is 10.1 Å². The van der Waals surface area contributed by atoms with Crippen LogP contribution in [0.15, 0.2) is 24.3 Å². The lowest BCUT2D eigenvalue weighted by Crippen LogP contribution is -2.26. The van der Waals surface area contributed by atoms with Crippen LogP contribution in [-0.2, 0) is 14.3 Å². The van der Waals surface area contributed by atoms with Crippen LogP contribution >= 0.6 is 0 Å². The predicted octanol–water partition coefficient (Wildman–Crippen LogP) is 1.50. The smallest absolute Gasteiger partial charge is 0.305 e. The summed E-state index contributed by atoms with van der Waals surface area (Å²) in [7, 11) is 1.34. The molecule has 1 aliphatic heterocycles. The Hall–Kier alpha value is -2.37. The van der Waals surface area contributed by atoms with Gasteiger partial charge in [0, 0.05) is 37.2 Å². The average Bonchev–Trinajstić information content (AvgIpc) is 2.97. The van der Waals surface area contributed by atoms with E-state index in [-0.39, 0.29) is 24.2 Å². The van der Waals surface area contributed by atoms with Crippen LogP contribution in [0.4, 0.5) is 5.69 Å². The first kappa shape index (κ1) is 16.0. The van der Waals surface area contributed by atoms with E-state index >= 15 is 0 Å². The zero-order valence-corrected chi connectivity index (χ0v) is 12.6. The predicted molar refractivity (Wildman–Crippen MR) is 81.6 cm³/mol. The van der Waals surface area contributed by atoms with Crippen molar-refractivity contribution in [2.24, 2.45) is 0 Å². The van der Waals surface area contributed by atoms with Gasteiger partial charge in [-0.1, -0.05) is 6.07 Å². The van der Waals surface area contributed by atoms with Crippen molar-refractivity contribution in [1.82, 2.24) is 5.32 Å². The van der Waals surface area contributed by atoms with Crippen LogP contribution in [0.3, 0.4) is 0 Å². The van der Waals surface area contributed by atoms with E-state index in [1.807, 2.05) is 6.07 Å². The second-order valence-electron chi connectivity index (χ2n) is 5.13. The number of nitrogens with one attached hydrogen (secondary N) is 1. The Morgan fingerprint density at radius 3 is 2.86 bits per heavy atom. The summed E-state index contributed by atoms with van der Waals surface area (Å²) in [6.45, 7) is 1.10. The second kappa shape index (κ2) is 7.59. The third kappa shape index (κ3) is 4.07. The number of amides is 2. The van der Waals surface area contributed by atoms with Gasteiger partial charge >= 0.3 is 5.97 Å². The maximum Gasteiger partial charge on any atom is 0.305 e. The minimum Gasteiger partial charge on any atom is -0.469 e. The van der Waals surface area contributed by atoms with Gasteiger partial charge in [-0.25, -0.2) is 0 Å². The zero-order valence-electron chi connectivity index (χ0n) is 12.6. The summed E-state index contributed by atoms with van der Waals surface area (Å²) in [5, 5.41) is 2.76. The fraction of sp³-hybridized carbons (Fsp3) is 0.438. The monoisotopic (exact) mass is 304 g/mol. The van der Waals surface area contributed by atoms with Crippen molar-refractivity contribution in [2.75, 3.05) is 25.1 Å². The molecule has 0 aliphatic carbocycles. The molecule has 1 aromatic carbocycles. The number of carbonyl (C=O) groups excluding carboxylic acids is 3. The van der Waals surface area contributed by atoms with Gasteiger partial charge in [-0.2, -0.15) is 0 Å². The molecule has 6 heteroatoms. The van der Waals surface area contributed by atoms with E-state index in [1.165, 1.54) is 7.11 Å². The molecule has 0 atom stereocenters. The summed E-state index contributed by atoms with van der Waals surface area (Å²) in [5.41, 5.74) is 1.26. The molecular weight excluding hydrogens is 284 g/mol. The van der Waals surface area contributed by atoms with Gasteiger partial charge < -0.3 is 15.0 Å². The van der Waals surface area contributed by atoms with E-state index in [0.29, 0.717) is 31.5 Å². The van der Waals surface area contributed by atoms with Crippen LogP contribution in [-0.4, -0.2) is 38.0 Å². The highest BCUT2D eigenvalue weighted by Crippen LogP contribution is 2.22. The van der Waals surface area contributed by atoms with Gasteiger partial charge in [-0.3, -0.25) is 14.4 Å². The van der Waals surface area contributed by atoms with Crippen LogP contribution in [0.2, 0.25) is 0 Å². The van der Waals surface area contributed by atoms with Crippen molar-refractivity contribution in [3.63, 3.8) is 0 Å². The van der Waals surface area contributed by atoms with Gasteiger partial charge in [-0.05, 0) is 31.0 Å². The van der Waals surface area contributed by atoms with E-state index in [9.17, 15) is 14.4 Å². The molecule has 1 heterocycles. The molecule has 2 rings (SSSR count). The van der Waals surface area contributed by atoms with E-state index in [0.717, 1.165) is 12.1 Å².